The van der Waals surface area contributed by atoms with Crippen LogP contribution in [-0.2, 0) is 0 Å². The van der Waals surface area contributed by atoms with Gasteiger partial charge < -0.3 is 0 Å². The van der Waals surface area contributed by atoms with Gasteiger partial charge in [-0.3, -0.25) is 0 Å². The lowest BCUT2D eigenvalue weighted by Gasteiger charge is -2.12. The quantitative estimate of drug-likeness (QED) is 0.584. The smallest absolute Gasteiger partial charge is 0.0266 e. The molecule has 2 saturated carbocycles. The summed E-state index contributed by atoms with van der Waals surface area (Å²) in [4.78, 5) is 0. The Bertz CT molecular complexity index is 167. The van der Waals surface area contributed by atoms with Gasteiger partial charge >= 0.3 is 0 Å². The standard InChI is InChI=1S/C12H22/c1-4-12(3)9(2)11(12)10-7-5-6-8-10/h9-11H,4-8H2,1-3H3. The highest BCUT2D eigenvalue weighted by Crippen LogP contribution is 2.66. The van der Waals surface area contributed by atoms with Crippen molar-refractivity contribution in [3.05, 3.63) is 0 Å². The molecule has 0 amide bonds. The summed E-state index contributed by atoms with van der Waals surface area (Å²) in [6.07, 6.45) is 7.48. The molecule has 3 atom stereocenters. The van der Waals surface area contributed by atoms with E-state index in [1.165, 1.54) is 32.1 Å². The zero-order valence-electron chi connectivity index (χ0n) is 8.77. The summed E-state index contributed by atoms with van der Waals surface area (Å²) >= 11 is 0. The Morgan fingerprint density at radius 3 is 2.25 bits per heavy atom. The fourth-order valence-corrected chi connectivity index (χ4v) is 3.66. The molecule has 2 aliphatic carbocycles. The van der Waals surface area contributed by atoms with Gasteiger partial charge in [0.1, 0.15) is 0 Å². The van der Waals surface area contributed by atoms with Crippen LogP contribution in [0, 0.1) is 23.2 Å². The number of hydrogen-bond acceptors (Lipinski definition) is 0. The van der Waals surface area contributed by atoms with Crippen molar-refractivity contribution in [1.82, 2.24) is 0 Å². The molecule has 0 bridgehead atoms. The van der Waals surface area contributed by atoms with E-state index in [-0.39, 0.29) is 0 Å². The van der Waals surface area contributed by atoms with Crippen molar-refractivity contribution in [2.75, 3.05) is 0 Å². The predicted molar refractivity (Wildman–Crippen MR) is 53.0 cm³/mol. The third kappa shape index (κ3) is 1.03. The van der Waals surface area contributed by atoms with Crippen LogP contribution in [0.5, 0.6) is 0 Å². The average Bonchev–Trinajstić information content (AvgIpc) is 2.56. The van der Waals surface area contributed by atoms with E-state index in [1.807, 2.05) is 0 Å². The van der Waals surface area contributed by atoms with Gasteiger partial charge in [0.2, 0.25) is 0 Å². The molecule has 0 N–H and O–H groups in total. The van der Waals surface area contributed by atoms with E-state index in [0.29, 0.717) is 0 Å². The fraction of sp³-hybridized carbons (Fsp3) is 1.00. The summed E-state index contributed by atoms with van der Waals surface area (Å²) in [7, 11) is 0. The van der Waals surface area contributed by atoms with E-state index in [1.54, 1.807) is 0 Å². The molecule has 0 nitrogen and oxygen atoms in total. The Morgan fingerprint density at radius 2 is 1.83 bits per heavy atom. The molecule has 0 saturated heterocycles. The normalized spacial score (nSPS) is 48.2. The Kier molecular flexibility index (Phi) is 1.97. The highest BCUT2D eigenvalue weighted by molar-refractivity contribution is 5.07. The molecule has 0 aromatic heterocycles. The fourth-order valence-electron chi connectivity index (χ4n) is 3.66. The van der Waals surface area contributed by atoms with Gasteiger partial charge in [-0.1, -0.05) is 52.9 Å². The van der Waals surface area contributed by atoms with Crippen molar-refractivity contribution < 1.29 is 0 Å². The van der Waals surface area contributed by atoms with Crippen LogP contribution in [0.15, 0.2) is 0 Å². The maximum atomic E-state index is 2.50. The molecule has 0 aromatic carbocycles. The molecule has 2 rings (SSSR count). The minimum absolute atomic E-state index is 0.731. The lowest BCUT2D eigenvalue weighted by molar-refractivity contribution is 0.374. The van der Waals surface area contributed by atoms with Crippen LogP contribution in [0.4, 0.5) is 0 Å². The Hall–Kier alpha value is 0. The van der Waals surface area contributed by atoms with Crippen molar-refractivity contribution >= 4 is 0 Å². The first kappa shape index (κ1) is 8.59. The third-order valence-electron chi connectivity index (χ3n) is 4.90. The molecule has 0 heteroatoms. The van der Waals surface area contributed by atoms with Crippen LogP contribution < -0.4 is 0 Å². The van der Waals surface area contributed by atoms with Crippen molar-refractivity contribution in [2.24, 2.45) is 23.2 Å². The molecule has 0 heterocycles. The van der Waals surface area contributed by atoms with Gasteiger partial charge in [-0.2, -0.15) is 0 Å². The van der Waals surface area contributed by atoms with Gasteiger partial charge in [0, 0.05) is 0 Å². The lowest BCUT2D eigenvalue weighted by Crippen LogP contribution is -2.04. The maximum Gasteiger partial charge on any atom is -0.0266 e. The Balaban J connectivity index is 1.98. The molecule has 2 aliphatic rings. The summed E-state index contributed by atoms with van der Waals surface area (Å²) in [5.74, 6) is 3.21. The van der Waals surface area contributed by atoms with Crippen molar-refractivity contribution in [3.63, 3.8) is 0 Å². The van der Waals surface area contributed by atoms with Crippen LogP contribution in [0.25, 0.3) is 0 Å². The molecule has 12 heavy (non-hydrogen) atoms. The number of rotatable bonds is 2. The second kappa shape index (κ2) is 2.75. The Labute approximate surface area is 76.7 Å². The maximum absolute atomic E-state index is 2.50. The molecular formula is C12H22. The highest BCUT2D eigenvalue weighted by Gasteiger charge is 2.59. The largest absolute Gasteiger partial charge is 0.0648 e. The van der Waals surface area contributed by atoms with Crippen LogP contribution in [0.2, 0.25) is 0 Å². The van der Waals surface area contributed by atoms with Crippen molar-refractivity contribution in [3.8, 4) is 0 Å². The summed E-state index contributed by atoms with van der Waals surface area (Å²) in [6.45, 7) is 7.33. The topological polar surface area (TPSA) is 0 Å². The zero-order chi connectivity index (χ0) is 8.77. The van der Waals surface area contributed by atoms with Gasteiger partial charge in [-0.15, -0.1) is 0 Å². The van der Waals surface area contributed by atoms with Crippen LogP contribution >= 0.6 is 0 Å². The first-order valence-electron chi connectivity index (χ1n) is 5.70. The molecule has 3 unspecified atom stereocenters. The van der Waals surface area contributed by atoms with Gasteiger partial charge in [-0.25, -0.2) is 0 Å². The van der Waals surface area contributed by atoms with Crippen molar-refractivity contribution in [1.29, 1.82) is 0 Å². The molecule has 0 aromatic rings. The lowest BCUT2D eigenvalue weighted by atomic mass is 9.93. The van der Waals surface area contributed by atoms with Gasteiger partial charge in [0.15, 0.2) is 0 Å². The van der Waals surface area contributed by atoms with E-state index in [9.17, 15) is 0 Å². The monoisotopic (exact) mass is 166 g/mol. The van der Waals surface area contributed by atoms with E-state index in [4.69, 9.17) is 0 Å². The molecule has 70 valence electrons. The second-order valence-corrected chi connectivity index (χ2v) is 5.22. The van der Waals surface area contributed by atoms with Gasteiger partial charge in [-0.05, 0) is 23.2 Å². The van der Waals surface area contributed by atoms with Crippen LogP contribution in [-0.4, -0.2) is 0 Å². The summed E-state index contributed by atoms with van der Waals surface area (Å²) in [6, 6.07) is 0. The molecular weight excluding hydrogens is 144 g/mol. The van der Waals surface area contributed by atoms with E-state index >= 15 is 0 Å². The van der Waals surface area contributed by atoms with E-state index in [0.717, 1.165) is 23.2 Å². The predicted octanol–water partition coefficient (Wildman–Crippen LogP) is 3.86. The Morgan fingerprint density at radius 1 is 1.25 bits per heavy atom. The molecule has 0 spiro atoms. The number of hydrogen-bond donors (Lipinski definition) is 0. The van der Waals surface area contributed by atoms with Gasteiger partial charge in [0.25, 0.3) is 0 Å². The SMILES string of the molecule is CCC1(C)C(C)C1C1CCCC1. The minimum Gasteiger partial charge on any atom is -0.0648 e. The average molecular weight is 166 g/mol. The first-order chi connectivity index (χ1) is 5.70. The minimum atomic E-state index is 0.731. The van der Waals surface area contributed by atoms with Crippen molar-refractivity contribution in [2.45, 2.75) is 52.9 Å². The van der Waals surface area contributed by atoms with Gasteiger partial charge in [0.05, 0.1) is 0 Å². The molecule has 2 fully saturated rings. The van der Waals surface area contributed by atoms with E-state index < -0.39 is 0 Å². The molecule has 0 radical (unpaired) electrons. The highest BCUT2D eigenvalue weighted by atomic mass is 14.6. The third-order valence-corrected chi connectivity index (χ3v) is 4.90. The summed E-state index contributed by atoms with van der Waals surface area (Å²) in [5.41, 5.74) is 0.731. The summed E-state index contributed by atoms with van der Waals surface area (Å²) in [5, 5.41) is 0. The van der Waals surface area contributed by atoms with E-state index in [2.05, 4.69) is 20.8 Å². The first-order valence-corrected chi connectivity index (χ1v) is 5.70. The molecule has 0 aliphatic heterocycles. The summed E-state index contributed by atoms with van der Waals surface area (Å²) < 4.78 is 0. The van der Waals surface area contributed by atoms with Crippen LogP contribution in [0.1, 0.15) is 52.9 Å². The zero-order valence-corrected chi connectivity index (χ0v) is 8.77. The van der Waals surface area contributed by atoms with Crippen LogP contribution in [0.3, 0.4) is 0 Å². The second-order valence-electron chi connectivity index (χ2n) is 5.22.